The average molecular weight is 263 g/mol. The van der Waals surface area contributed by atoms with Gasteiger partial charge >= 0.3 is 0 Å². The Labute approximate surface area is 106 Å². The number of ether oxygens (including phenoxy) is 1. The molecule has 0 heterocycles. The van der Waals surface area contributed by atoms with Crippen molar-refractivity contribution in [2.24, 2.45) is 5.73 Å². The van der Waals surface area contributed by atoms with Crippen LogP contribution in [-0.4, -0.2) is 19.2 Å². The van der Waals surface area contributed by atoms with Gasteiger partial charge in [0.1, 0.15) is 10.8 Å². The molecule has 1 aromatic rings. The van der Waals surface area contributed by atoms with Crippen molar-refractivity contribution in [1.82, 2.24) is 0 Å². The molecular weight excluding hydrogens is 247 g/mol. The van der Waals surface area contributed by atoms with Crippen molar-refractivity contribution in [3.63, 3.8) is 0 Å². The molecule has 0 aromatic heterocycles. The minimum Gasteiger partial charge on any atom is -0.495 e. The van der Waals surface area contributed by atoms with Gasteiger partial charge in [-0.1, -0.05) is 23.2 Å². The Balaban J connectivity index is 3.04. The average Bonchev–Trinajstić information content (AvgIpc) is 2.25. The monoisotopic (exact) mass is 262 g/mol. The first kappa shape index (κ1) is 13.4. The zero-order valence-electron chi connectivity index (χ0n) is 9.60. The van der Waals surface area contributed by atoms with Gasteiger partial charge < -0.3 is 15.8 Å². The van der Waals surface area contributed by atoms with E-state index < -0.39 is 0 Å². The number of nitrogens with one attached hydrogen (secondary N) is 1. The lowest BCUT2D eigenvalue weighted by Crippen LogP contribution is -2.39. The Morgan fingerprint density at radius 3 is 2.44 bits per heavy atom. The van der Waals surface area contributed by atoms with E-state index in [4.69, 9.17) is 33.7 Å². The Morgan fingerprint density at radius 1 is 1.31 bits per heavy atom. The number of hydrogen-bond acceptors (Lipinski definition) is 3. The molecule has 0 saturated carbocycles. The predicted octanol–water partition coefficient (Wildman–Crippen LogP) is 3.15. The van der Waals surface area contributed by atoms with Crippen molar-refractivity contribution < 1.29 is 4.74 Å². The highest BCUT2D eigenvalue weighted by atomic mass is 35.5. The normalized spacial score (nSPS) is 11.4. The van der Waals surface area contributed by atoms with E-state index in [1.165, 1.54) is 0 Å². The molecule has 0 bridgehead atoms. The van der Waals surface area contributed by atoms with Crippen LogP contribution < -0.4 is 15.8 Å². The Hall–Kier alpha value is -0.640. The standard InChI is InChI=1S/C11H16Cl2N2O/c1-11(2,6-14)15-7-4-5-8(16-3)10(13)9(7)12/h4-5,15H,6,14H2,1-3H3. The van der Waals surface area contributed by atoms with E-state index in [2.05, 4.69) is 5.32 Å². The Morgan fingerprint density at radius 2 is 1.94 bits per heavy atom. The van der Waals surface area contributed by atoms with Crippen LogP contribution in [0.5, 0.6) is 5.75 Å². The number of hydrogen-bond donors (Lipinski definition) is 2. The maximum atomic E-state index is 6.12. The molecule has 0 aliphatic carbocycles. The maximum Gasteiger partial charge on any atom is 0.139 e. The number of rotatable bonds is 4. The van der Waals surface area contributed by atoms with Crippen molar-refractivity contribution in [2.45, 2.75) is 19.4 Å². The summed E-state index contributed by atoms with van der Waals surface area (Å²) in [5, 5.41) is 4.08. The highest BCUT2D eigenvalue weighted by Gasteiger charge is 2.18. The molecule has 0 radical (unpaired) electrons. The second-order valence-electron chi connectivity index (χ2n) is 4.16. The summed E-state index contributed by atoms with van der Waals surface area (Å²) < 4.78 is 5.07. The fourth-order valence-corrected chi connectivity index (χ4v) is 1.65. The van der Waals surface area contributed by atoms with Crippen LogP contribution in [0.4, 0.5) is 5.69 Å². The van der Waals surface area contributed by atoms with Gasteiger partial charge in [-0.15, -0.1) is 0 Å². The molecule has 90 valence electrons. The number of anilines is 1. The number of benzene rings is 1. The van der Waals surface area contributed by atoms with E-state index in [-0.39, 0.29) is 5.54 Å². The molecule has 16 heavy (non-hydrogen) atoms. The first-order valence-corrected chi connectivity index (χ1v) is 5.67. The molecule has 0 fully saturated rings. The predicted molar refractivity (Wildman–Crippen MR) is 69.8 cm³/mol. The highest BCUT2D eigenvalue weighted by Crippen LogP contribution is 2.38. The molecule has 3 nitrogen and oxygen atoms in total. The summed E-state index contributed by atoms with van der Waals surface area (Å²) in [7, 11) is 1.55. The smallest absolute Gasteiger partial charge is 0.139 e. The summed E-state index contributed by atoms with van der Waals surface area (Å²) in [5.74, 6) is 0.558. The van der Waals surface area contributed by atoms with Crippen molar-refractivity contribution >= 4 is 28.9 Å². The lowest BCUT2D eigenvalue weighted by molar-refractivity contribution is 0.415. The molecule has 0 saturated heterocycles. The summed E-state index contributed by atoms with van der Waals surface area (Å²) in [6.45, 7) is 4.47. The molecule has 0 aliphatic rings. The van der Waals surface area contributed by atoms with Crippen LogP contribution in [0.1, 0.15) is 13.8 Å². The van der Waals surface area contributed by atoms with Gasteiger partial charge in [0.05, 0.1) is 17.8 Å². The second kappa shape index (κ2) is 5.13. The van der Waals surface area contributed by atoms with E-state index in [1.807, 2.05) is 19.9 Å². The summed E-state index contributed by atoms with van der Waals surface area (Å²) in [6, 6.07) is 3.59. The molecule has 5 heteroatoms. The van der Waals surface area contributed by atoms with Gasteiger partial charge in [-0.25, -0.2) is 0 Å². The lowest BCUT2D eigenvalue weighted by atomic mass is 10.1. The van der Waals surface area contributed by atoms with Gasteiger partial charge in [0.2, 0.25) is 0 Å². The largest absolute Gasteiger partial charge is 0.495 e. The van der Waals surface area contributed by atoms with Crippen molar-refractivity contribution in [3.05, 3.63) is 22.2 Å². The Bertz CT molecular complexity index is 380. The summed E-state index contributed by atoms with van der Waals surface area (Å²) in [5.41, 5.74) is 6.15. The number of halogens is 2. The number of nitrogens with two attached hydrogens (primary N) is 1. The van der Waals surface area contributed by atoms with Crippen molar-refractivity contribution in [2.75, 3.05) is 19.0 Å². The van der Waals surface area contributed by atoms with Gasteiger partial charge in [-0.05, 0) is 26.0 Å². The van der Waals surface area contributed by atoms with E-state index in [0.717, 1.165) is 5.69 Å². The van der Waals surface area contributed by atoms with Gasteiger partial charge in [-0.3, -0.25) is 0 Å². The maximum absolute atomic E-state index is 6.12. The third-order valence-corrected chi connectivity index (χ3v) is 3.11. The van der Waals surface area contributed by atoms with Crippen LogP contribution >= 0.6 is 23.2 Å². The van der Waals surface area contributed by atoms with Crippen LogP contribution in [0.2, 0.25) is 10.0 Å². The Kier molecular flexibility index (Phi) is 4.30. The van der Waals surface area contributed by atoms with Crippen LogP contribution in [-0.2, 0) is 0 Å². The first-order chi connectivity index (χ1) is 7.41. The van der Waals surface area contributed by atoms with Gasteiger partial charge in [0.25, 0.3) is 0 Å². The molecule has 0 amide bonds. The van der Waals surface area contributed by atoms with E-state index >= 15 is 0 Å². The topological polar surface area (TPSA) is 47.3 Å². The minimum absolute atomic E-state index is 0.235. The summed E-state index contributed by atoms with van der Waals surface area (Å²) in [6.07, 6.45) is 0. The van der Waals surface area contributed by atoms with E-state index in [0.29, 0.717) is 22.3 Å². The van der Waals surface area contributed by atoms with Crippen LogP contribution in [0, 0.1) is 0 Å². The molecular formula is C11H16Cl2N2O. The van der Waals surface area contributed by atoms with Crippen LogP contribution in [0.3, 0.4) is 0 Å². The summed E-state index contributed by atoms with van der Waals surface area (Å²) >= 11 is 12.2. The molecule has 0 aliphatic heterocycles. The molecule has 0 atom stereocenters. The molecule has 3 N–H and O–H groups in total. The zero-order valence-corrected chi connectivity index (χ0v) is 11.1. The quantitative estimate of drug-likeness (QED) is 0.877. The molecule has 0 spiro atoms. The van der Waals surface area contributed by atoms with Gasteiger partial charge in [-0.2, -0.15) is 0 Å². The third-order valence-electron chi connectivity index (χ3n) is 2.25. The van der Waals surface area contributed by atoms with Crippen LogP contribution in [0.25, 0.3) is 0 Å². The van der Waals surface area contributed by atoms with Gasteiger partial charge in [0, 0.05) is 12.1 Å². The minimum atomic E-state index is -0.235. The molecule has 1 aromatic carbocycles. The van der Waals surface area contributed by atoms with Crippen molar-refractivity contribution in [1.29, 1.82) is 0 Å². The fourth-order valence-electron chi connectivity index (χ4n) is 1.20. The first-order valence-electron chi connectivity index (χ1n) is 4.91. The molecule has 1 rings (SSSR count). The lowest BCUT2D eigenvalue weighted by Gasteiger charge is -2.26. The third kappa shape index (κ3) is 2.94. The fraction of sp³-hybridized carbons (Fsp3) is 0.455. The van der Waals surface area contributed by atoms with Crippen LogP contribution in [0.15, 0.2) is 12.1 Å². The SMILES string of the molecule is COc1ccc(NC(C)(C)CN)c(Cl)c1Cl. The van der Waals surface area contributed by atoms with Crippen molar-refractivity contribution in [3.8, 4) is 5.75 Å². The number of methoxy groups -OCH3 is 1. The second-order valence-corrected chi connectivity index (χ2v) is 4.91. The van der Waals surface area contributed by atoms with Gasteiger partial charge in [0.15, 0.2) is 0 Å². The van der Waals surface area contributed by atoms with E-state index in [9.17, 15) is 0 Å². The zero-order chi connectivity index (χ0) is 12.3. The van der Waals surface area contributed by atoms with E-state index in [1.54, 1.807) is 13.2 Å². The summed E-state index contributed by atoms with van der Waals surface area (Å²) in [4.78, 5) is 0. The molecule has 0 unspecified atom stereocenters. The highest BCUT2D eigenvalue weighted by molar-refractivity contribution is 6.44.